The van der Waals surface area contributed by atoms with E-state index in [0.29, 0.717) is 0 Å². The fraction of sp³-hybridized carbons (Fsp3) is 0.0159. The summed E-state index contributed by atoms with van der Waals surface area (Å²) in [7, 11) is 0. The molecule has 0 fully saturated rings. The Bertz CT molecular complexity index is 4160. The first-order valence-electron chi connectivity index (χ1n) is 25.6. The van der Waals surface area contributed by atoms with Gasteiger partial charge >= 0.3 is 0 Å². The number of benzene rings is 11. The van der Waals surface area contributed by atoms with E-state index in [4.69, 9.17) is 4.11 Å². The van der Waals surface area contributed by atoms with Gasteiger partial charge in [-0.25, -0.2) is 0 Å². The minimum atomic E-state index is -1.47. The molecule has 13 rings (SSSR count). The van der Waals surface area contributed by atoms with E-state index in [1.165, 1.54) is 0 Å². The summed E-state index contributed by atoms with van der Waals surface area (Å²) in [5.41, 5.74) is 8.37. The highest BCUT2D eigenvalue weighted by atomic mass is 32.1. The van der Waals surface area contributed by atoms with Crippen LogP contribution < -0.4 is 9.80 Å². The lowest BCUT2D eigenvalue weighted by molar-refractivity contribution is 0.778. The normalized spacial score (nSPS) is 15.6. The maximum atomic E-state index is 10.4. The van der Waals surface area contributed by atoms with Crippen LogP contribution >= 0.6 is 11.3 Å². The zero-order valence-electron chi connectivity index (χ0n) is 42.5. The number of hydrogen-bond acceptors (Lipinski definition) is 3. The number of thiophene rings is 1. The summed E-state index contributed by atoms with van der Waals surface area (Å²) >= 11 is 1.67. The summed E-state index contributed by atoms with van der Waals surface area (Å²) in [4.78, 5) is 4.48. The summed E-state index contributed by atoms with van der Waals surface area (Å²) in [5, 5.41) is 3.96. The van der Waals surface area contributed by atoms with Gasteiger partial charge in [-0.05, 0) is 146 Å². The SMILES string of the molecule is [2H]c1c([2H])c([2H])c2c([2H])c(C3(c4cccc5sc6ccccc6c45)c4ccc(N(c5ccccc5)c5ccccc5)cc4-c4cc(N(c5ccccc5)c5ccc6ccccc6c5)ccc43)c([2H])c([2H])c2c1[2H]. The Kier molecular flexibility index (Phi) is 7.41. The van der Waals surface area contributed by atoms with E-state index in [0.717, 1.165) is 92.9 Å². The number of rotatable bonds is 8. The molecule has 0 aliphatic heterocycles. The molecular formula is C63H42N2S. The highest BCUT2D eigenvalue weighted by Gasteiger charge is 2.48. The van der Waals surface area contributed by atoms with E-state index < -0.39 is 29.6 Å². The van der Waals surface area contributed by atoms with Gasteiger partial charge in [0, 0.05) is 54.3 Å². The lowest BCUT2D eigenvalue weighted by Crippen LogP contribution is -2.29. The second kappa shape index (κ2) is 15.5. The second-order valence-electron chi connectivity index (χ2n) is 16.7. The van der Waals surface area contributed by atoms with Crippen molar-refractivity contribution in [3.8, 4) is 11.1 Å². The molecule has 0 radical (unpaired) electrons. The molecule has 0 bridgehead atoms. The molecule has 3 heteroatoms. The number of fused-ring (bicyclic) bond motifs is 8. The van der Waals surface area contributed by atoms with Crippen LogP contribution in [0.1, 0.15) is 31.8 Å². The van der Waals surface area contributed by atoms with E-state index in [-0.39, 0.29) is 34.5 Å². The molecule has 1 aromatic heterocycles. The number of para-hydroxylation sites is 3. The topological polar surface area (TPSA) is 6.48 Å². The highest BCUT2D eigenvalue weighted by Crippen LogP contribution is 2.60. The molecule has 1 aliphatic rings. The Morgan fingerprint density at radius 1 is 0.364 bits per heavy atom. The van der Waals surface area contributed by atoms with Crippen molar-refractivity contribution < 1.29 is 9.60 Å². The third-order valence-electron chi connectivity index (χ3n) is 13.1. The molecule has 0 saturated heterocycles. The molecule has 0 spiro atoms. The summed E-state index contributed by atoms with van der Waals surface area (Å²) in [6, 6.07) is 70.3. The van der Waals surface area contributed by atoms with Crippen LogP contribution in [-0.2, 0) is 5.41 Å². The number of hydrogen-bond donors (Lipinski definition) is 0. The minimum Gasteiger partial charge on any atom is -0.310 e. The summed E-state index contributed by atoms with van der Waals surface area (Å²) in [6.45, 7) is 0. The first kappa shape index (κ1) is 31.6. The number of nitrogens with zero attached hydrogens (tertiary/aromatic N) is 2. The van der Waals surface area contributed by atoms with Gasteiger partial charge in [-0.2, -0.15) is 0 Å². The standard InChI is InChI=1S/C63H42N2S/c1-4-21-48(22-5-1)64(49-23-6-2-7-24-49)52-35-37-57-55(41-52)56-42-53(65(50-25-8-3-9-26-50)51-34-32-44-18-11-13-20-46(44)40-51)36-38-58(56)63(57,47-33-31-43-17-10-12-19-45(43)39-47)59-28-16-30-61-62(59)54-27-14-15-29-60(54)66-61/h1-42H/i10D,12D,17D,19D,31D,33D,39D. The average Bonchev–Trinajstić information content (AvgIpc) is 3.95. The Labute approximate surface area is 398 Å². The van der Waals surface area contributed by atoms with E-state index in [1.807, 2.05) is 78.9 Å². The van der Waals surface area contributed by atoms with Crippen molar-refractivity contribution in [3.05, 3.63) is 277 Å². The Balaban J connectivity index is 1.20. The van der Waals surface area contributed by atoms with Gasteiger partial charge in [-0.1, -0.05) is 164 Å². The first-order chi connectivity index (χ1) is 35.6. The van der Waals surface area contributed by atoms with Gasteiger partial charge in [0.1, 0.15) is 0 Å². The molecule has 1 aliphatic carbocycles. The summed E-state index contributed by atoms with van der Waals surface area (Å²) in [6.07, 6.45) is 0. The monoisotopic (exact) mass is 865 g/mol. The second-order valence-corrected chi connectivity index (χ2v) is 17.8. The molecule has 1 atom stereocenters. The van der Waals surface area contributed by atoms with Crippen molar-refractivity contribution in [2.45, 2.75) is 5.41 Å². The van der Waals surface area contributed by atoms with Crippen LogP contribution in [0, 0.1) is 0 Å². The van der Waals surface area contributed by atoms with Crippen molar-refractivity contribution >= 4 is 87.2 Å². The van der Waals surface area contributed by atoms with Crippen molar-refractivity contribution in [3.63, 3.8) is 0 Å². The van der Waals surface area contributed by atoms with Gasteiger partial charge in [-0.15, -0.1) is 11.3 Å². The highest BCUT2D eigenvalue weighted by molar-refractivity contribution is 7.25. The predicted molar refractivity (Wildman–Crippen MR) is 281 cm³/mol. The van der Waals surface area contributed by atoms with Crippen molar-refractivity contribution in [1.29, 1.82) is 0 Å². The Morgan fingerprint density at radius 2 is 0.894 bits per heavy atom. The van der Waals surface area contributed by atoms with Gasteiger partial charge in [0.2, 0.25) is 0 Å². The van der Waals surface area contributed by atoms with Gasteiger partial charge in [0.15, 0.2) is 0 Å². The Hall–Kier alpha value is -8.24. The molecule has 11 aromatic carbocycles. The lowest BCUT2D eigenvalue weighted by atomic mass is 9.66. The smallest absolute Gasteiger partial charge is 0.0720 e. The van der Waals surface area contributed by atoms with E-state index in [2.05, 4.69) is 143 Å². The Morgan fingerprint density at radius 3 is 1.56 bits per heavy atom. The molecule has 2 nitrogen and oxygen atoms in total. The summed E-state index contributed by atoms with van der Waals surface area (Å²) < 4.78 is 68.3. The molecule has 0 N–H and O–H groups in total. The van der Waals surface area contributed by atoms with Crippen LogP contribution in [0.15, 0.2) is 255 Å². The molecule has 310 valence electrons. The van der Waals surface area contributed by atoms with E-state index in [9.17, 15) is 5.48 Å². The quantitative estimate of drug-likeness (QED) is 0.150. The van der Waals surface area contributed by atoms with Crippen molar-refractivity contribution in [2.75, 3.05) is 9.80 Å². The van der Waals surface area contributed by atoms with Crippen molar-refractivity contribution in [1.82, 2.24) is 0 Å². The predicted octanol–water partition coefficient (Wildman–Crippen LogP) is 17.7. The fourth-order valence-electron chi connectivity index (χ4n) is 10.3. The fourth-order valence-corrected chi connectivity index (χ4v) is 11.4. The molecule has 1 unspecified atom stereocenters. The molecule has 12 aromatic rings. The third-order valence-corrected chi connectivity index (χ3v) is 14.2. The maximum Gasteiger partial charge on any atom is 0.0720 e. The zero-order chi connectivity index (χ0) is 49.7. The molecule has 0 amide bonds. The zero-order valence-corrected chi connectivity index (χ0v) is 36.3. The van der Waals surface area contributed by atoms with Crippen LogP contribution in [0.25, 0.3) is 52.8 Å². The minimum absolute atomic E-state index is 0.0853. The van der Waals surface area contributed by atoms with Crippen LogP contribution in [0.4, 0.5) is 34.1 Å². The van der Waals surface area contributed by atoms with E-state index in [1.54, 1.807) is 11.3 Å². The largest absolute Gasteiger partial charge is 0.310 e. The third kappa shape index (κ3) is 6.01. The number of anilines is 6. The first-order valence-corrected chi connectivity index (χ1v) is 22.9. The average molecular weight is 866 g/mol. The maximum absolute atomic E-state index is 10.4. The molecular weight excluding hydrogens is 817 g/mol. The van der Waals surface area contributed by atoms with Gasteiger partial charge in [0.05, 0.1) is 15.0 Å². The molecule has 1 heterocycles. The summed E-state index contributed by atoms with van der Waals surface area (Å²) in [5.74, 6) is 0. The van der Waals surface area contributed by atoms with Gasteiger partial charge in [-0.3, -0.25) is 0 Å². The lowest BCUT2D eigenvalue weighted by Gasteiger charge is -2.35. The van der Waals surface area contributed by atoms with Gasteiger partial charge < -0.3 is 9.80 Å². The van der Waals surface area contributed by atoms with Crippen LogP contribution in [-0.4, -0.2) is 0 Å². The van der Waals surface area contributed by atoms with E-state index >= 15 is 0 Å². The van der Waals surface area contributed by atoms with Crippen LogP contribution in [0.2, 0.25) is 0 Å². The van der Waals surface area contributed by atoms with Crippen molar-refractivity contribution in [2.24, 2.45) is 0 Å². The van der Waals surface area contributed by atoms with Crippen LogP contribution in [0.3, 0.4) is 0 Å². The molecule has 0 saturated carbocycles. The molecule has 66 heavy (non-hydrogen) atoms. The van der Waals surface area contributed by atoms with Gasteiger partial charge in [0.25, 0.3) is 0 Å². The van der Waals surface area contributed by atoms with Crippen LogP contribution in [0.5, 0.6) is 0 Å².